The van der Waals surface area contributed by atoms with Crippen molar-refractivity contribution >= 4 is 18.1 Å². The topological polar surface area (TPSA) is 42.1 Å². The molecule has 0 saturated heterocycles. The zero-order valence-electron chi connectivity index (χ0n) is 6.43. The Kier molecular flexibility index (Phi) is 5.29. The molecule has 0 bridgehead atoms. The van der Waals surface area contributed by atoms with Gasteiger partial charge in [-0.15, -0.1) is 0 Å². The van der Waals surface area contributed by atoms with Gasteiger partial charge < -0.3 is 9.72 Å². The second-order valence-electron chi connectivity index (χ2n) is 1.78. The Bertz CT molecular complexity index is 193. The lowest BCUT2D eigenvalue weighted by molar-refractivity contribution is -0.126. The van der Waals surface area contributed by atoms with E-state index in [1.165, 1.54) is 7.11 Å². The number of aromatic amines is 1. The van der Waals surface area contributed by atoms with E-state index in [2.05, 4.69) is 9.72 Å². The van der Waals surface area contributed by atoms with Crippen LogP contribution < -0.4 is 0 Å². The monoisotopic (exact) mass is 175 g/mol. The minimum absolute atomic E-state index is 0.375. The lowest BCUT2D eigenvalue weighted by Gasteiger charge is -1.78. The van der Waals surface area contributed by atoms with Gasteiger partial charge in [-0.25, -0.2) is 0 Å². The Balaban J connectivity index is 0.000000218. The van der Waals surface area contributed by atoms with Crippen molar-refractivity contribution in [3.05, 3.63) is 23.0 Å². The van der Waals surface area contributed by atoms with Gasteiger partial charge in [0.15, 0.2) is 0 Å². The van der Waals surface area contributed by atoms with Gasteiger partial charge >= 0.3 is 0 Å². The normalized spacial score (nSPS) is 7.91. The number of methoxy groups -OCH3 is 1. The van der Waals surface area contributed by atoms with Crippen LogP contribution in [0.5, 0.6) is 0 Å². The second-order valence-corrected chi connectivity index (χ2v) is 2.19. The highest BCUT2D eigenvalue weighted by Crippen LogP contribution is 2.10. The molecule has 0 atom stereocenters. The van der Waals surface area contributed by atoms with Crippen molar-refractivity contribution in [2.45, 2.75) is 6.92 Å². The molecule has 0 aliphatic carbocycles. The van der Waals surface area contributed by atoms with Crippen LogP contribution in [0.4, 0.5) is 0 Å². The number of rotatable bonds is 1. The maximum Gasteiger partial charge on any atom is 0.292 e. The van der Waals surface area contributed by atoms with Gasteiger partial charge in [-0.3, -0.25) is 4.79 Å². The van der Waals surface area contributed by atoms with Crippen molar-refractivity contribution in [2.75, 3.05) is 7.11 Å². The predicted molar refractivity (Wildman–Crippen MR) is 43.6 cm³/mol. The highest BCUT2D eigenvalue weighted by atomic mass is 35.5. The number of hydrogen-bond acceptors (Lipinski definition) is 2. The van der Waals surface area contributed by atoms with Gasteiger partial charge in [0, 0.05) is 11.9 Å². The Labute approximate surface area is 70.3 Å². The van der Waals surface area contributed by atoms with Gasteiger partial charge in [0.2, 0.25) is 0 Å². The van der Waals surface area contributed by atoms with Crippen molar-refractivity contribution in [3.8, 4) is 0 Å². The molecule has 0 aliphatic rings. The molecule has 0 radical (unpaired) electrons. The summed E-state index contributed by atoms with van der Waals surface area (Å²) in [7, 11) is 1.31. The van der Waals surface area contributed by atoms with Crippen LogP contribution >= 0.6 is 11.6 Å². The summed E-state index contributed by atoms with van der Waals surface area (Å²) in [4.78, 5) is 11.9. The van der Waals surface area contributed by atoms with Crippen LogP contribution in [-0.2, 0) is 9.53 Å². The lowest BCUT2D eigenvalue weighted by atomic mass is 10.5. The zero-order chi connectivity index (χ0) is 8.69. The van der Waals surface area contributed by atoms with Gasteiger partial charge in [0.1, 0.15) is 0 Å². The summed E-state index contributed by atoms with van der Waals surface area (Å²) in [5, 5.41) is 0.806. The van der Waals surface area contributed by atoms with E-state index in [0.717, 1.165) is 10.7 Å². The number of ether oxygens (including phenoxy) is 1. The summed E-state index contributed by atoms with van der Waals surface area (Å²) in [5.41, 5.74) is 1.03. The van der Waals surface area contributed by atoms with Crippen LogP contribution in [-0.4, -0.2) is 18.6 Å². The third-order valence-electron chi connectivity index (χ3n) is 0.984. The van der Waals surface area contributed by atoms with Gasteiger partial charge in [-0.2, -0.15) is 0 Å². The van der Waals surface area contributed by atoms with Crippen LogP contribution in [0.25, 0.3) is 0 Å². The Hall–Kier alpha value is -0.960. The summed E-state index contributed by atoms with van der Waals surface area (Å²) in [5.74, 6) is 0. The summed E-state index contributed by atoms with van der Waals surface area (Å²) in [6.45, 7) is 2.31. The summed E-state index contributed by atoms with van der Waals surface area (Å²) in [6.07, 6.45) is 1.82. The molecule has 0 unspecified atom stereocenters. The van der Waals surface area contributed by atoms with E-state index in [4.69, 9.17) is 16.4 Å². The van der Waals surface area contributed by atoms with Crippen molar-refractivity contribution < 1.29 is 9.53 Å². The maximum absolute atomic E-state index is 8.95. The van der Waals surface area contributed by atoms with E-state index in [1.54, 1.807) is 0 Å². The standard InChI is InChI=1S/C5H6ClN.C2H4O2/c1-4-5(6)2-3-7-4;1-4-2-3/h2-3,7H,1H3;2H,1H3. The molecule has 0 saturated carbocycles. The van der Waals surface area contributed by atoms with E-state index in [-0.39, 0.29) is 0 Å². The molecule has 62 valence electrons. The van der Waals surface area contributed by atoms with Crippen LogP contribution in [0, 0.1) is 6.92 Å². The molecule has 1 aromatic rings. The van der Waals surface area contributed by atoms with Crippen LogP contribution in [0.15, 0.2) is 12.3 Å². The number of aromatic nitrogens is 1. The molecule has 1 rings (SSSR count). The summed E-state index contributed by atoms with van der Waals surface area (Å²) in [6, 6.07) is 1.83. The third kappa shape index (κ3) is 4.44. The van der Waals surface area contributed by atoms with Gasteiger partial charge in [-0.05, 0) is 13.0 Å². The van der Waals surface area contributed by atoms with Gasteiger partial charge in [0.05, 0.1) is 12.1 Å². The fourth-order valence-electron chi connectivity index (χ4n) is 0.434. The molecule has 0 aromatic carbocycles. The van der Waals surface area contributed by atoms with E-state index in [1.807, 2.05) is 19.2 Å². The Morgan fingerprint density at radius 3 is 2.36 bits per heavy atom. The number of hydrogen-bond donors (Lipinski definition) is 1. The van der Waals surface area contributed by atoms with Gasteiger partial charge in [0.25, 0.3) is 6.47 Å². The molecule has 0 fully saturated rings. The molecule has 3 nitrogen and oxygen atoms in total. The quantitative estimate of drug-likeness (QED) is 0.661. The second kappa shape index (κ2) is 5.80. The maximum atomic E-state index is 8.95. The summed E-state index contributed by atoms with van der Waals surface area (Å²) < 4.78 is 3.86. The van der Waals surface area contributed by atoms with Gasteiger partial charge in [-0.1, -0.05) is 11.6 Å². The number of nitrogens with one attached hydrogen (secondary N) is 1. The first-order valence-corrected chi connectivity index (χ1v) is 3.36. The molecule has 0 amide bonds. The SMILES string of the molecule is COC=O.Cc1[nH]ccc1Cl. The summed E-state index contributed by atoms with van der Waals surface area (Å²) >= 11 is 5.59. The van der Waals surface area contributed by atoms with Crippen molar-refractivity contribution in [3.63, 3.8) is 0 Å². The van der Waals surface area contributed by atoms with Crippen molar-refractivity contribution in [1.29, 1.82) is 0 Å². The van der Waals surface area contributed by atoms with E-state index < -0.39 is 0 Å². The molecule has 0 spiro atoms. The van der Waals surface area contributed by atoms with Crippen LogP contribution in [0.3, 0.4) is 0 Å². The molecule has 4 heteroatoms. The Morgan fingerprint density at radius 2 is 2.27 bits per heavy atom. The first kappa shape index (κ1) is 10.0. The predicted octanol–water partition coefficient (Wildman–Crippen LogP) is 1.77. The number of carbonyl (C=O) groups excluding carboxylic acids is 1. The minimum Gasteiger partial charge on any atom is -0.471 e. The zero-order valence-corrected chi connectivity index (χ0v) is 7.18. The highest BCUT2D eigenvalue weighted by Gasteiger charge is 1.88. The average molecular weight is 176 g/mol. The molecule has 0 aliphatic heterocycles. The molecule has 1 heterocycles. The molecule has 1 N–H and O–H groups in total. The fraction of sp³-hybridized carbons (Fsp3) is 0.286. The molecule has 11 heavy (non-hydrogen) atoms. The minimum atomic E-state index is 0.375. The number of halogens is 1. The van der Waals surface area contributed by atoms with E-state index in [9.17, 15) is 0 Å². The molecular formula is C7H10ClNO2. The van der Waals surface area contributed by atoms with E-state index in [0.29, 0.717) is 6.47 Å². The third-order valence-corrected chi connectivity index (χ3v) is 1.39. The number of aryl methyl sites for hydroxylation is 1. The largest absolute Gasteiger partial charge is 0.471 e. The lowest BCUT2D eigenvalue weighted by Crippen LogP contribution is -1.68. The van der Waals surface area contributed by atoms with Crippen LogP contribution in [0.1, 0.15) is 5.69 Å². The van der Waals surface area contributed by atoms with Crippen molar-refractivity contribution in [2.24, 2.45) is 0 Å². The fourth-order valence-corrected chi connectivity index (χ4v) is 0.551. The van der Waals surface area contributed by atoms with E-state index >= 15 is 0 Å². The highest BCUT2D eigenvalue weighted by molar-refractivity contribution is 6.31. The smallest absolute Gasteiger partial charge is 0.292 e. The number of carbonyl (C=O) groups is 1. The van der Waals surface area contributed by atoms with Crippen LogP contribution in [0.2, 0.25) is 5.02 Å². The number of H-pyrrole nitrogens is 1. The molecular weight excluding hydrogens is 166 g/mol. The molecule has 1 aromatic heterocycles. The first-order chi connectivity index (χ1) is 5.22. The van der Waals surface area contributed by atoms with Crippen molar-refractivity contribution in [1.82, 2.24) is 4.98 Å². The Morgan fingerprint density at radius 1 is 1.73 bits per heavy atom. The average Bonchev–Trinajstić information content (AvgIpc) is 2.37. The first-order valence-electron chi connectivity index (χ1n) is 2.98.